The Bertz CT molecular complexity index is 255. The molecule has 0 saturated carbocycles. The second kappa shape index (κ2) is 14.6. The molecule has 0 aromatic carbocycles. The van der Waals surface area contributed by atoms with Gasteiger partial charge in [0.15, 0.2) is 0 Å². The van der Waals surface area contributed by atoms with Crippen molar-refractivity contribution in [3.05, 3.63) is 0 Å². The van der Waals surface area contributed by atoms with E-state index in [0.29, 0.717) is 0 Å². The predicted molar refractivity (Wildman–Crippen MR) is 109 cm³/mol. The lowest BCUT2D eigenvalue weighted by molar-refractivity contribution is 0.248. The molecule has 0 N–H and O–H groups in total. The van der Waals surface area contributed by atoms with E-state index in [1.54, 1.807) is 28.4 Å². The van der Waals surface area contributed by atoms with Crippen LogP contribution in [0.5, 0.6) is 0 Å². The fraction of sp³-hybridized carbons (Fsp3) is 1.00. The number of hydrogen-bond donors (Lipinski definition) is 0. The maximum atomic E-state index is 5.73. The molecule has 0 radical (unpaired) electrons. The van der Waals surface area contributed by atoms with Crippen LogP contribution in [0.3, 0.4) is 0 Å². The van der Waals surface area contributed by atoms with E-state index in [4.69, 9.17) is 39.9 Å². The molecule has 0 bridgehead atoms. The van der Waals surface area contributed by atoms with Gasteiger partial charge in [-0.2, -0.15) is 22.2 Å². The number of rotatable bonds is 11. The zero-order valence-electron chi connectivity index (χ0n) is 15.2. The van der Waals surface area contributed by atoms with E-state index in [-0.39, 0.29) is 0 Å². The average molecular weight is 426 g/mol. The van der Waals surface area contributed by atoms with Crippen molar-refractivity contribution in [1.82, 2.24) is 0 Å². The second-order valence-corrected chi connectivity index (χ2v) is 18.8. The quantitative estimate of drug-likeness (QED) is 0.377. The SMILES string of the molecule is CO[Si](C)(CCC[SiH3])OC.CO[Si](C)(CCC[SiH](Cl)Cl)OC. The largest absolute Gasteiger partial charge is 0.398 e. The highest BCUT2D eigenvalue weighted by Gasteiger charge is 2.28. The Kier molecular flexibility index (Phi) is 17.0. The lowest BCUT2D eigenvalue weighted by atomic mass is 10.6. The third-order valence-electron chi connectivity index (χ3n) is 3.76. The van der Waals surface area contributed by atoms with Crippen molar-refractivity contribution in [2.24, 2.45) is 0 Å². The van der Waals surface area contributed by atoms with Gasteiger partial charge in [0.1, 0.15) is 0 Å². The van der Waals surface area contributed by atoms with Crippen molar-refractivity contribution < 1.29 is 17.7 Å². The zero-order chi connectivity index (χ0) is 17.6. The van der Waals surface area contributed by atoms with Crippen LogP contribution in [0.2, 0.25) is 37.3 Å². The molecule has 0 unspecified atom stereocenters. The van der Waals surface area contributed by atoms with Crippen LogP contribution in [0, 0.1) is 0 Å². The third-order valence-corrected chi connectivity index (χ3v) is 12.6. The molecular formula is C12H34Cl2O4Si4. The minimum Gasteiger partial charge on any atom is -0.398 e. The molecule has 0 aromatic rings. The van der Waals surface area contributed by atoms with Gasteiger partial charge in [-0.15, -0.1) is 0 Å². The van der Waals surface area contributed by atoms with Gasteiger partial charge in [0.2, 0.25) is 7.42 Å². The molecule has 0 aliphatic rings. The zero-order valence-corrected chi connectivity index (χ0v) is 21.9. The van der Waals surface area contributed by atoms with Gasteiger partial charge in [0, 0.05) is 38.7 Å². The van der Waals surface area contributed by atoms with E-state index >= 15 is 0 Å². The molecule has 0 aromatic heterocycles. The Labute approximate surface area is 153 Å². The van der Waals surface area contributed by atoms with Crippen LogP contribution in [0.4, 0.5) is 0 Å². The van der Waals surface area contributed by atoms with Crippen molar-refractivity contribution in [1.29, 1.82) is 0 Å². The third kappa shape index (κ3) is 13.7. The van der Waals surface area contributed by atoms with Gasteiger partial charge in [-0.25, -0.2) is 0 Å². The van der Waals surface area contributed by atoms with Gasteiger partial charge in [-0.3, -0.25) is 0 Å². The van der Waals surface area contributed by atoms with E-state index in [0.717, 1.165) is 24.6 Å². The molecule has 0 heterocycles. The highest BCUT2D eigenvalue weighted by molar-refractivity contribution is 7.33. The maximum absolute atomic E-state index is 5.73. The van der Waals surface area contributed by atoms with Crippen molar-refractivity contribution >= 4 is 56.9 Å². The lowest BCUT2D eigenvalue weighted by Crippen LogP contribution is -2.35. The summed E-state index contributed by atoms with van der Waals surface area (Å²) in [6, 6.07) is 4.42. The summed E-state index contributed by atoms with van der Waals surface area (Å²) < 4.78 is 21.3. The minimum absolute atomic E-state index is 0.943. The topological polar surface area (TPSA) is 36.9 Å². The molecule has 0 saturated heterocycles. The molecule has 0 spiro atoms. The first-order valence-electron chi connectivity index (χ1n) is 7.71. The molecule has 0 aliphatic carbocycles. The fourth-order valence-electron chi connectivity index (χ4n) is 1.65. The van der Waals surface area contributed by atoms with Gasteiger partial charge in [0.25, 0.3) is 0 Å². The molecule has 0 atom stereocenters. The van der Waals surface area contributed by atoms with E-state index in [9.17, 15) is 0 Å². The monoisotopic (exact) mass is 424 g/mol. The molecule has 22 heavy (non-hydrogen) atoms. The maximum Gasteiger partial charge on any atom is 0.334 e. The predicted octanol–water partition coefficient (Wildman–Crippen LogP) is 2.96. The first-order valence-corrected chi connectivity index (χ1v) is 18.5. The van der Waals surface area contributed by atoms with Crippen LogP contribution in [-0.4, -0.2) is 63.2 Å². The smallest absolute Gasteiger partial charge is 0.334 e. The highest BCUT2D eigenvalue weighted by atomic mass is 35.7. The first-order chi connectivity index (χ1) is 10.2. The van der Waals surface area contributed by atoms with Crippen LogP contribution in [0.1, 0.15) is 12.8 Å². The highest BCUT2D eigenvalue weighted by Crippen LogP contribution is 2.18. The van der Waals surface area contributed by atoms with Crippen LogP contribution < -0.4 is 0 Å². The molecule has 136 valence electrons. The fourth-order valence-corrected chi connectivity index (χ4v) is 7.55. The van der Waals surface area contributed by atoms with Crippen LogP contribution >= 0.6 is 22.2 Å². The summed E-state index contributed by atoms with van der Waals surface area (Å²) in [7, 11) is 3.22. The van der Waals surface area contributed by atoms with Crippen molar-refractivity contribution in [2.45, 2.75) is 50.1 Å². The van der Waals surface area contributed by atoms with Crippen LogP contribution in [-0.2, 0) is 17.7 Å². The van der Waals surface area contributed by atoms with Crippen molar-refractivity contribution in [2.75, 3.05) is 28.4 Å². The van der Waals surface area contributed by atoms with Gasteiger partial charge in [-0.05, 0) is 31.2 Å². The van der Waals surface area contributed by atoms with Gasteiger partial charge in [0.05, 0.1) is 0 Å². The Morgan fingerprint density at radius 2 is 1.18 bits per heavy atom. The summed E-state index contributed by atoms with van der Waals surface area (Å²) in [5.41, 5.74) is 0. The van der Waals surface area contributed by atoms with E-state index in [1.807, 2.05) is 6.55 Å². The van der Waals surface area contributed by atoms with Crippen LogP contribution in [0.25, 0.3) is 0 Å². The summed E-state index contributed by atoms with van der Waals surface area (Å²) >= 11 is 11.5. The second-order valence-electron chi connectivity index (χ2n) is 5.47. The minimum atomic E-state index is -1.86. The Morgan fingerprint density at radius 3 is 1.45 bits per heavy atom. The normalized spacial score (nSPS) is 12.4. The van der Waals surface area contributed by atoms with Crippen molar-refractivity contribution in [3.8, 4) is 0 Å². The van der Waals surface area contributed by atoms with Gasteiger partial charge >= 0.3 is 17.1 Å². The molecule has 0 fully saturated rings. The average Bonchev–Trinajstić information content (AvgIpc) is 2.52. The summed E-state index contributed by atoms with van der Waals surface area (Å²) in [6.45, 7) is 4.16. The Morgan fingerprint density at radius 1 is 0.818 bits per heavy atom. The number of hydrogen-bond acceptors (Lipinski definition) is 4. The van der Waals surface area contributed by atoms with Gasteiger partial charge in [-0.1, -0.05) is 18.9 Å². The van der Waals surface area contributed by atoms with E-state index < -0.39 is 24.5 Å². The van der Waals surface area contributed by atoms with Crippen molar-refractivity contribution in [3.63, 3.8) is 0 Å². The molecule has 10 heteroatoms. The summed E-state index contributed by atoms with van der Waals surface area (Å²) in [6.07, 6.45) is 2.30. The standard InChI is InChI=1S/C6H16Cl2O2Si2.C6H18O2Si2/c1-9-12(3,10-2)6-4-5-11(7)8;1-7-10(3,8-2)6-4-5-9/h11H,4-6H2,1-3H3;4-6H2,1-3,9H3. The lowest BCUT2D eigenvalue weighted by Gasteiger charge is -2.22. The first kappa shape index (κ1) is 25.5. The Balaban J connectivity index is 0. The molecule has 0 amide bonds. The van der Waals surface area contributed by atoms with Gasteiger partial charge < -0.3 is 17.7 Å². The number of halogens is 2. The summed E-state index contributed by atoms with van der Waals surface area (Å²) in [4.78, 5) is 0. The summed E-state index contributed by atoms with van der Waals surface area (Å²) in [5.74, 6) is 0. The van der Waals surface area contributed by atoms with Crippen LogP contribution in [0.15, 0.2) is 0 Å². The summed E-state index contributed by atoms with van der Waals surface area (Å²) in [5, 5.41) is 0. The molecular weight excluding hydrogens is 391 g/mol. The Hall–Kier alpha value is 1.29. The molecule has 0 aliphatic heterocycles. The van der Waals surface area contributed by atoms with E-state index in [1.165, 1.54) is 22.7 Å². The van der Waals surface area contributed by atoms with E-state index in [2.05, 4.69) is 6.55 Å². The molecule has 4 nitrogen and oxygen atoms in total. The molecule has 0 rings (SSSR count).